The number of rotatable bonds is 5. The lowest BCUT2D eigenvalue weighted by molar-refractivity contribution is -0.131. The molecule has 6 nitrogen and oxygen atoms in total. The zero-order chi connectivity index (χ0) is 18.6. The molecule has 0 fully saturated rings. The zero-order valence-electron chi connectivity index (χ0n) is 14.6. The van der Waals surface area contributed by atoms with E-state index in [2.05, 4.69) is 10.1 Å². The number of nitrogens with zero attached hydrogens (tertiary/aromatic N) is 3. The Morgan fingerprint density at radius 2 is 2.22 bits per heavy atom. The molecule has 0 unspecified atom stereocenters. The van der Waals surface area contributed by atoms with E-state index in [4.69, 9.17) is 9.26 Å². The van der Waals surface area contributed by atoms with E-state index in [-0.39, 0.29) is 24.8 Å². The summed E-state index contributed by atoms with van der Waals surface area (Å²) in [4.78, 5) is 18.4. The summed E-state index contributed by atoms with van der Waals surface area (Å²) in [6.07, 6.45) is 4.07. The number of hydrogen-bond donors (Lipinski definition) is 0. The number of ether oxygens (including phenoxy) is 1. The van der Waals surface area contributed by atoms with Crippen molar-refractivity contribution in [3.63, 3.8) is 0 Å². The predicted molar refractivity (Wildman–Crippen MR) is 94.3 cm³/mol. The summed E-state index contributed by atoms with van der Waals surface area (Å²) in [6, 6.07) is 9.73. The second-order valence-corrected chi connectivity index (χ2v) is 6.38. The summed E-state index contributed by atoms with van der Waals surface area (Å²) in [7, 11) is 0. The van der Waals surface area contributed by atoms with Crippen LogP contribution in [0.15, 0.2) is 53.3 Å². The first-order chi connectivity index (χ1) is 13.2. The summed E-state index contributed by atoms with van der Waals surface area (Å²) >= 11 is 0. The molecule has 1 aromatic carbocycles. The average molecular weight is 367 g/mol. The number of halogens is 1. The van der Waals surface area contributed by atoms with Crippen LogP contribution in [0.25, 0.3) is 0 Å². The van der Waals surface area contributed by atoms with Gasteiger partial charge in [0.2, 0.25) is 5.91 Å². The van der Waals surface area contributed by atoms with Crippen LogP contribution < -0.4 is 4.74 Å². The van der Waals surface area contributed by atoms with Gasteiger partial charge in [0.15, 0.2) is 0 Å². The maximum absolute atomic E-state index is 13.3. The van der Waals surface area contributed by atoms with Crippen molar-refractivity contribution in [2.45, 2.75) is 26.0 Å². The lowest BCUT2D eigenvalue weighted by Gasteiger charge is -2.26. The highest BCUT2D eigenvalue weighted by Gasteiger charge is 2.27. The highest BCUT2D eigenvalue weighted by Crippen LogP contribution is 2.24. The topological polar surface area (TPSA) is 68.5 Å². The largest absolute Gasteiger partial charge is 0.486 e. The van der Waals surface area contributed by atoms with Crippen LogP contribution in [0.2, 0.25) is 0 Å². The van der Waals surface area contributed by atoms with Crippen LogP contribution >= 0.6 is 0 Å². The SMILES string of the molecule is O=C(Cc1cccc(F)c1)N1CCc2onc(COc3cccnc3)c2C1. The molecule has 0 N–H and O–H groups in total. The van der Waals surface area contributed by atoms with Gasteiger partial charge in [0.25, 0.3) is 0 Å². The van der Waals surface area contributed by atoms with Gasteiger partial charge < -0.3 is 14.2 Å². The molecule has 1 aliphatic rings. The molecule has 27 heavy (non-hydrogen) atoms. The van der Waals surface area contributed by atoms with Gasteiger partial charge in [-0.3, -0.25) is 9.78 Å². The van der Waals surface area contributed by atoms with Crippen LogP contribution in [-0.4, -0.2) is 27.5 Å². The maximum Gasteiger partial charge on any atom is 0.227 e. The molecular formula is C20H18FN3O3. The Morgan fingerprint density at radius 3 is 3.04 bits per heavy atom. The molecule has 0 saturated heterocycles. The molecule has 0 spiro atoms. The Morgan fingerprint density at radius 1 is 1.30 bits per heavy atom. The van der Waals surface area contributed by atoms with Gasteiger partial charge in [0, 0.05) is 24.7 Å². The van der Waals surface area contributed by atoms with Crippen molar-refractivity contribution in [1.29, 1.82) is 0 Å². The molecule has 0 atom stereocenters. The van der Waals surface area contributed by atoms with Crippen LogP contribution in [0.5, 0.6) is 5.75 Å². The Bertz CT molecular complexity index is 943. The van der Waals surface area contributed by atoms with Gasteiger partial charge in [0.05, 0.1) is 19.2 Å². The van der Waals surface area contributed by atoms with Crippen molar-refractivity contribution >= 4 is 5.91 Å². The Kier molecular flexibility index (Phi) is 4.82. The van der Waals surface area contributed by atoms with Crippen LogP contribution in [-0.2, 0) is 30.8 Å². The van der Waals surface area contributed by atoms with Crippen LogP contribution in [0.4, 0.5) is 4.39 Å². The number of pyridine rings is 1. The van der Waals surface area contributed by atoms with E-state index < -0.39 is 0 Å². The van der Waals surface area contributed by atoms with Crippen molar-refractivity contribution in [1.82, 2.24) is 15.0 Å². The molecule has 138 valence electrons. The third kappa shape index (κ3) is 3.97. The minimum atomic E-state index is -0.338. The maximum atomic E-state index is 13.3. The summed E-state index contributed by atoms with van der Waals surface area (Å²) in [5, 5.41) is 4.09. The Labute approximate surface area is 155 Å². The van der Waals surface area contributed by atoms with Crippen molar-refractivity contribution in [2.75, 3.05) is 6.54 Å². The van der Waals surface area contributed by atoms with Crippen molar-refractivity contribution in [3.05, 3.63) is 77.2 Å². The van der Waals surface area contributed by atoms with Crippen LogP contribution in [0.1, 0.15) is 22.6 Å². The molecular weight excluding hydrogens is 349 g/mol. The molecule has 0 saturated carbocycles. The number of aromatic nitrogens is 2. The number of amides is 1. The quantitative estimate of drug-likeness (QED) is 0.694. The van der Waals surface area contributed by atoms with Crippen molar-refractivity contribution in [3.8, 4) is 5.75 Å². The third-order valence-corrected chi connectivity index (χ3v) is 4.52. The van der Waals surface area contributed by atoms with E-state index in [1.54, 1.807) is 35.5 Å². The second-order valence-electron chi connectivity index (χ2n) is 6.38. The molecule has 7 heteroatoms. The summed E-state index contributed by atoms with van der Waals surface area (Å²) in [5.41, 5.74) is 2.23. The highest BCUT2D eigenvalue weighted by molar-refractivity contribution is 5.79. The van der Waals surface area contributed by atoms with Crippen LogP contribution in [0, 0.1) is 5.82 Å². The van der Waals surface area contributed by atoms with E-state index in [0.29, 0.717) is 36.5 Å². The van der Waals surface area contributed by atoms with Gasteiger partial charge in [-0.15, -0.1) is 0 Å². The molecule has 0 radical (unpaired) electrons. The zero-order valence-corrected chi connectivity index (χ0v) is 14.6. The number of carbonyl (C=O) groups excluding carboxylic acids is 1. The van der Waals surface area contributed by atoms with Gasteiger partial charge in [-0.25, -0.2) is 4.39 Å². The molecule has 0 bridgehead atoms. The van der Waals surface area contributed by atoms with E-state index in [1.807, 2.05) is 6.07 Å². The van der Waals surface area contributed by atoms with Crippen LogP contribution in [0.3, 0.4) is 0 Å². The number of benzene rings is 1. The summed E-state index contributed by atoms with van der Waals surface area (Å²) in [6.45, 7) is 1.22. The van der Waals surface area contributed by atoms with E-state index in [0.717, 1.165) is 11.3 Å². The Balaban J connectivity index is 1.43. The first-order valence-corrected chi connectivity index (χ1v) is 8.70. The van der Waals surface area contributed by atoms with Crippen molar-refractivity contribution in [2.24, 2.45) is 0 Å². The summed E-state index contributed by atoms with van der Waals surface area (Å²) in [5.74, 6) is 1.04. The second kappa shape index (κ2) is 7.57. The van der Waals surface area contributed by atoms with E-state index in [9.17, 15) is 9.18 Å². The Hall–Kier alpha value is -3.22. The lowest BCUT2D eigenvalue weighted by Crippen LogP contribution is -2.36. The van der Waals surface area contributed by atoms with E-state index >= 15 is 0 Å². The molecule has 0 aliphatic carbocycles. The van der Waals surface area contributed by atoms with Crippen molar-refractivity contribution < 1.29 is 18.4 Å². The highest BCUT2D eigenvalue weighted by atomic mass is 19.1. The smallest absolute Gasteiger partial charge is 0.227 e. The fraction of sp³-hybridized carbons (Fsp3) is 0.250. The van der Waals surface area contributed by atoms with Gasteiger partial charge >= 0.3 is 0 Å². The number of carbonyl (C=O) groups is 1. The first kappa shape index (κ1) is 17.2. The average Bonchev–Trinajstić information content (AvgIpc) is 3.09. The monoisotopic (exact) mass is 367 g/mol. The van der Waals surface area contributed by atoms with Gasteiger partial charge in [-0.2, -0.15) is 0 Å². The minimum absolute atomic E-state index is 0.0495. The predicted octanol–water partition coefficient (Wildman–Crippen LogP) is 2.92. The normalized spacial score (nSPS) is 13.3. The minimum Gasteiger partial charge on any atom is -0.486 e. The molecule has 1 aliphatic heterocycles. The first-order valence-electron chi connectivity index (χ1n) is 8.70. The van der Waals surface area contributed by atoms with Gasteiger partial charge in [-0.1, -0.05) is 17.3 Å². The molecule has 1 amide bonds. The molecule has 3 heterocycles. The van der Waals surface area contributed by atoms with Gasteiger partial charge in [-0.05, 0) is 29.8 Å². The molecule has 4 rings (SSSR count). The van der Waals surface area contributed by atoms with E-state index in [1.165, 1.54) is 12.1 Å². The number of fused-ring (bicyclic) bond motifs is 1. The lowest BCUT2D eigenvalue weighted by atomic mass is 10.0. The fourth-order valence-corrected chi connectivity index (χ4v) is 3.11. The molecule has 2 aromatic heterocycles. The third-order valence-electron chi connectivity index (χ3n) is 4.52. The summed E-state index contributed by atoms with van der Waals surface area (Å²) < 4.78 is 24.4. The standard InChI is InChI=1S/C20H18FN3O3/c21-15-4-1-3-14(9-15)10-20(25)24-8-6-19-17(12-24)18(23-27-19)13-26-16-5-2-7-22-11-16/h1-5,7,9,11H,6,8,10,12-13H2. The number of hydrogen-bond acceptors (Lipinski definition) is 5. The fourth-order valence-electron chi connectivity index (χ4n) is 3.11. The molecule has 3 aromatic rings. The van der Waals surface area contributed by atoms with Gasteiger partial charge in [0.1, 0.15) is 29.6 Å².